The van der Waals surface area contributed by atoms with E-state index in [1.165, 1.54) is 0 Å². The summed E-state index contributed by atoms with van der Waals surface area (Å²) in [5, 5.41) is 0. The molecule has 17 heavy (non-hydrogen) atoms. The van der Waals surface area contributed by atoms with Crippen molar-refractivity contribution in [3.8, 4) is 0 Å². The van der Waals surface area contributed by atoms with Crippen molar-refractivity contribution in [1.82, 2.24) is 4.90 Å². The van der Waals surface area contributed by atoms with Crippen LogP contribution in [0.3, 0.4) is 0 Å². The van der Waals surface area contributed by atoms with E-state index in [1.807, 2.05) is 25.1 Å². The van der Waals surface area contributed by atoms with E-state index < -0.39 is 5.72 Å². The fourth-order valence-electron chi connectivity index (χ4n) is 4.02. The van der Waals surface area contributed by atoms with Gasteiger partial charge in [0, 0.05) is 18.0 Å². The fourth-order valence-corrected chi connectivity index (χ4v) is 4.02. The monoisotopic (exact) mass is 229 g/mol. The van der Waals surface area contributed by atoms with E-state index in [0.29, 0.717) is 5.92 Å². The average molecular weight is 229 g/mol. The zero-order chi connectivity index (χ0) is 11.7. The predicted molar refractivity (Wildman–Crippen MR) is 62.0 cm³/mol. The van der Waals surface area contributed by atoms with Crippen LogP contribution < -0.4 is 0 Å². The number of benzene rings is 1. The lowest BCUT2D eigenvalue weighted by molar-refractivity contribution is -0.164. The molecule has 3 aliphatic rings. The maximum absolute atomic E-state index is 12.1. The number of esters is 1. The third kappa shape index (κ3) is 0.879. The number of rotatable bonds is 1. The fraction of sp³-hybridized carbons (Fsp3) is 0.500. The zero-order valence-corrected chi connectivity index (χ0v) is 9.85. The molecule has 0 saturated carbocycles. The Bertz CT molecular complexity index is 500. The zero-order valence-electron chi connectivity index (χ0n) is 9.85. The van der Waals surface area contributed by atoms with Gasteiger partial charge in [0.2, 0.25) is 0 Å². The van der Waals surface area contributed by atoms with Crippen LogP contribution >= 0.6 is 0 Å². The van der Waals surface area contributed by atoms with Crippen molar-refractivity contribution in [2.24, 2.45) is 5.92 Å². The molecule has 0 spiro atoms. The van der Waals surface area contributed by atoms with Crippen molar-refractivity contribution in [1.29, 1.82) is 0 Å². The van der Waals surface area contributed by atoms with Gasteiger partial charge in [0.1, 0.15) is 5.54 Å². The normalized spacial score (nSPS) is 46.3. The van der Waals surface area contributed by atoms with Crippen LogP contribution in [0.1, 0.15) is 25.3 Å². The Kier molecular flexibility index (Phi) is 1.55. The van der Waals surface area contributed by atoms with E-state index in [2.05, 4.69) is 17.0 Å². The van der Waals surface area contributed by atoms with Crippen LogP contribution in [0.4, 0.5) is 0 Å². The topological polar surface area (TPSA) is 29.5 Å². The second kappa shape index (κ2) is 2.72. The van der Waals surface area contributed by atoms with Gasteiger partial charge in [-0.15, -0.1) is 0 Å². The summed E-state index contributed by atoms with van der Waals surface area (Å²) in [6.07, 6.45) is 2.08. The molecule has 3 heterocycles. The van der Waals surface area contributed by atoms with Gasteiger partial charge in [0.15, 0.2) is 5.72 Å². The second-order valence-electron chi connectivity index (χ2n) is 5.57. The summed E-state index contributed by atoms with van der Waals surface area (Å²) in [4.78, 5) is 14.3. The first-order chi connectivity index (χ1) is 8.18. The van der Waals surface area contributed by atoms with E-state index in [-0.39, 0.29) is 11.5 Å². The number of hydrogen-bond donors (Lipinski definition) is 0. The standard InChI is InChI=1S/C14H15NO2/c1-13-9-11-7-8-15(13)14(11,17-12(13)16)10-5-3-2-4-6-10/h2-6,11H,7-9H2,1H3/t11-,13+,14+/m0/s1. The molecule has 3 nitrogen and oxygen atoms in total. The molecule has 0 aliphatic carbocycles. The molecular weight excluding hydrogens is 214 g/mol. The molecule has 0 amide bonds. The van der Waals surface area contributed by atoms with Gasteiger partial charge >= 0.3 is 5.97 Å². The maximum Gasteiger partial charge on any atom is 0.328 e. The highest BCUT2D eigenvalue weighted by molar-refractivity contribution is 5.85. The molecule has 88 valence electrons. The molecule has 3 aliphatic heterocycles. The molecule has 1 aromatic rings. The van der Waals surface area contributed by atoms with Gasteiger partial charge in [-0.25, -0.2) is 9.69 Å². The van der Waals surface area contributed by atoms with Crippen LogP contribution in [0.15, 0.2) is 30.3 Å². The molecule has 4 bridgehead atoms. The third-order valence-electron chi connectivity index (χ3n) is 4.77. The van der Waals surface area contributed by atoms with E-state index in [1.54, 1.807) is 0 Å². The van der Waals surface area contributed by atoms with E-state index in [4.69, 9.17) is 4.74 Å². The molecule has 1 unspecified atom stereocenters. The lowest BCUT2D eigenvalue weighted by Gasteiger charge is -2.31. The summed E-state index contributed by atoms with van der Waals surface area (Å²) in [6.45, 7) is 3.00. The minimum absolute atomic E-state index is 0.0442. The summed E-state index contributed by atoms with van der Waals surface area (Å²) in [5.74, 6) is 0.421. The first kappa shape index (κ1) is 9.66. The smallest absolute Gasteiger partial charge is 0.328 e. The predicted octanol–water partition coefficient (Wildman–Crippen LogP) is 1.88. The van der Waals surface area contributed by atoms with Crippen LogP contribution in [-0.2, 0) is 15.3 Å². The lowest BCUT2D eigenvalue weighted by Crippen LogP contribution is -2.45. The average Bonchev–Trinajstić information content (AvgIpc) is 2.89. The molecule has 0 aromatic heterocycles. The number of carbonyl (C=O) groups excluding carboxylic acids is 1. The van der Waals surface area contributed by atoms with Gasteiger partial charge in [0.05, 0.1) is 0 Å². The minimum atomic E-state index is -0.451. The number of ether oxygens (including phenoxy) is 1. The molecule has 3 fully saturated rings. The van der Waals surface area contributed by atoms with E-state index in [9.17, 15) is 4.79 Å². The Morgan fingerprint density at radius 2 is 2.12 bits per heavy atom. The molecule has 4 atom stereocenters. The van der Waals surface area contributed by atoms with Crippen molar-refractivity contribution in [3.63, 3.8) is 0 Å². The van der Waals surface area contributed by atoms with Crippen molar-refractivity contribution in [2.45, 2.75) is 31.0 Å². The van der Waals surface area contributed by atoms with Gasteiger partial charge in [-0.1, -0.05) is 30.3 Å². The minimum Gasteiger partial charge on any atom is -0.438 e. The number of nitrogens with zero attached hydrogens (tertiary/aromatic N) is 1. The van der Waals surface area contributed by atoms with Crippen molar-refractivity contribution >= 4 is 5.97 Å². The Morgan fingerprint density at radius 1 is 1.35 bits per heavy atom. The Balaban J connectivity index is 1.93. The highest BCUT2D eigenvalue weighted by Crippen LogP contribution is 2.62. The third-order valence-corrected chi connectivity index (χ3v) is 4.77. The van der Waals surface area contributed by atoms with Crippen LogP contribution in [0.5, 0.6) is 0 Å². The van der Waals surface area contributed by atoms with Crippen LogP contribution in [0.25, 0.3) is 0 Å². The highest BCUT2D eigenvalue weighted by atomic mass is 16.6. The summed E-state index contributed by atoms with van der Waals surface area (Å²) >= 11 is 0. The first-order valence-corrected chi connectivity index (χ1v) is 6.25. The molecule has 1 aromatic carbocycles. The number of hydrogen-bond acceptors (Lipinski definition) is 3. The van der Waals surface area contributed by atoms with Gasteiger partial charge in [-0.05, 0) is 19.8 Å². The van der Waals surface area contributed by atoms with Crippen LogP contribution in [0, 0.1) is 5.92 Å². The molecule has 3 saturated heterocycles. The quantitative estimate of drug-likeness (QED) is 0.689. The summed E-state index contributed by atoms with van der Waals surface area (Å²) in [7, 11) is 0. The molecule has 0 radical (unpaired) electrons. The SMILES string of the molecule is C[C@]12C[C@@H]3CCN1[C@]3(c1ccccc1)OC2=O. The van der Waals surface area contributed by atoms with Crippen molar-refractivity contribution < 1.29 is 9.53 Å². The van der Waals surface area contributed by atoms with E-state index in [0.717, 1.165) is 24.9 Å². The van der Waals surface area contributed by atoms with Crippen LogP contribution in [-0.4, -0.2) is 23.0 Å². The van der Waals surface area contributed by atoms with Gasteiger partial charge < -0.3 is 4.74 Å². The molecular formula is C14H15NO2. The maximum atomic E-state index is 12.1. The molecule has 0 N–H and O–H groups in total. The van der Waals surface area contributed by atoms with Gasteiger partial charge in [-0.3, -0.25) is 0 Å². The number of carbonyl (C=O) groups is 1. The molecule has 3 heteroatoms. The van der Waals surface area contributed by atoms with Crippen molar-refractivity contribution in [2.75, 3.05) is 6.54 Å². The van der Waals surface area contributed by atoms with Crippen LogP contribution in [0.2, 0.25) is 0 Å². The largest absolute Gasteiger partial charge is 0.438 e. The van der Waals surface area contributed by atoms with Gasteiger partial charge in [0.25, 0.3) is 0 Å². The Hall–Kier alpha value is -1.35. The summed E-state index contributed by atoms with van der Waals surface area (Å²) in [5.41, 5.74) is 0.309. The van der Waals surface area contributed by atoms with Crippen molar-refractivity contribution in [3.05, 3.63) is 35.9 Å². The Labute approximate surface area is 100 Å². The summed E-state index contributed by atoms with van der Waals surface area (Å²) < 4.78 is 5.81. The second-order valence-corrected chi connectivity index (χ2v) is 5.57. The van der Waals surface area contributed by atoms with Gasteiger partial charge in [-0.2, -0.15) is 0 Å². The van der Waals surface area contributed by atoms with E-state index >= 15 is 0 Å². The lowest BCUT2D eigenvalue weighted by atomic mass is 9.83. The first-order valence-electron chi connectivity index (χ1n) is 6.25. The number of piperidine rings is 1. The highest BCUT2D eigenvalue weighted by Gasteiger charge is 2.73. The summed E-state index contributed by atoms with van der Waals surface area (Å²) in [6, 6.07) is 10.2. The Morgan fingerprint density at radius 3 is 2.82 bits per heavy atom. The molecule has 4 rings (SSSR count).